The van der Waals surface area contributed by atoms with Crippen LogP contribution in [0.25, 0.3) is 22.0 Å². The summed E-state index contributed by atoms with van der Waals surface area (Å²) in [6, 6.07) is 22.1. The van der Waals surface area contributed by atoms with E-state index in [0.717, 1.165) is 17.4 Å². The van der Waals surface area contributed by atoms with Gasteiger partial charge in [-0.15, -0.1) is 0 Å². The van der Waals surface area contributed by atoms with Crippen molar-refractivity contribution in [1.82, 2.24) is 24.9 Å². The predicted octanol–water partition coefficient (Wildman–Crippen LogP) is 6.11. The predicted molar refractivity (Wildman–Crippen MR) is 195 cm³/mol. The average molecular weight is 730 g/mol. The Hall–Kier alpha value is -4.55. The molecular weight excluding hydrogens is 695 g/mol. The molecule has 0 fully saturated rings. The molecule has 2 N–H and O–H groups in total. The van der Waals surface area contributed by atoms with Gasteiger partial charge in [-0.2, -0.15) is 0 Å². The van der Waals surface area contributed by atoms with E-state index in [1.807, 2.05) is 29.2 Å². The number of benzene rings is 4. The van der Waals surface area contributed by atoms with Crippen molar-refractivity contribution in [3.63, 3.8) is 0 Å². The number of nitrogens with one attached hydrogen (secondary N) is 2. The lowest BCUT2D eigenvalue weighted by Gasteiger charge is -2.37. The van der Waals surface area contributed by atoms with Crippen molar-refractivity contribution in [2.45, 2.75) is 37.2 Å². The second kappa shape index (κ2) is 14.0. The van der Waals surface area contributed by atoms with Gasteiger partial charge < -0.3 is 15.1 Å². The molecular formula is C37H34Cl2N6O4S. The SMILES string of the molecule is CCCN1CCNCC2Cc3ccccc3CN2C(=O)c2cc(C(=O)NS(=O)(=O)c3ccc4cccc(Cl)c4c3)ccc2-c2nc1ncc2Cl. The van der Waals surface area contributed by atoms with Gasteiger partial charge >= 0.3 is 0 Å². The summed E-state index contributed by atoms with van der Waals surface area (Å²) in [4.78, 5) is 41.5. The third-order valence-corrected chi connectivity index (χ3v) is 11.1. The van der Waals surface area contributed by atoms with Gasteiger partial charge in [0.15, 0.2) is 0 Å². The first-order valence-electron chi connectivity index (χ1n) is 16.4. The Balaban J connectivity index is 1.31. The number of nitrogens with zero attached hydrogens (tertiary/aromatic N) is 4. The molecule has 7 rings (SSSR count). The Bertz CT molecular complexity index is 2250. The lowest BCUT2D eigenvalue weighted by Crippen LogP contribution is -2.50. The Morgan fingerprint density at radius 1 is 0.980 bits per heavy atom. The molecule has 0 spiro atoms. The van der Waals surface area contributed by atoms with Crippen LogP contribution in [0.2, 0.25) is 10.0 Å². The van der Waals surface area contributed by atoms with E-state index in [4.69, 9.17) is 28.2 Å². The molecule has 1 aromatic heterocycles. The first kappa shape index (κ1) is 33.9. The van der Waals surface area contributed by atoms with Crippen molar-refractivity contribution in [2.24, 2.45) is 0 Å². The summed E-state index contributed by atoms with van der Waals surface area (Å²) >= 11 is 13.1. The zero-order valence-electron chi connectivity index (χ0n) is 27.2. The molecule has 1 unspecified atom stereocenters. The fourth-order valence-electron chi connectivity index (χ4n) is 6.62. The molecule has 256 valence electrons. The summed E-state index contributed by atoms with van der Waals surface area (Å²) in [6.45, 7) is 5.00. The number of sulfonamides is 1. The van der Waals surface area contributed by atoms with Gasteiger partial charge in [0, 0.05) is 65.9 Å². The number of hydrogen-bond donors (Lipinski definition) is 2. The molecule has 0 radical (unpaired) electrons. The Labute approximate surface area is 300 Å². The fourth-order valence-corrected chi connectivity index (χ4v) is 8.04. The van der Waals surface area contributed by atoms with Gasteiger partial charge in [-0.1, -0.05) is 78.7 Å². The maximum atomic E-state index is 14.7. The molecule has 0 saturated carbocycles. The van der Waals surface area contributed by atoms with Crippen LogP contribution in [0.15, 0.2) is 90.0 Å². The monoisotopic (exact) mass is 728 g/mol. The minimum atomic E-state index is -4.31. The van der Waals surface area contributed by atoms with Gasteiger partial charge in [-0.3, -0.25) is 9.59 Å². The molecule has 10 nitrogen and oxygen atoms in total. The molecule has 3 heterocycles. The Kier molecular flexibility index (Phi) is 9.49. The van der Waals surface area contributed by atoms with Crippen molar-refractivity contribution in [1.29, 1.82) is 0 Å². The molecule has 4 aromatic carbocycles. The number of rotatable bonds is 5. The van der Waals surface area contributed by atoms with E-state index >= 15 is 0 Å². The van der Waals surface area contributed by atoms with E-state index < -0.39 is 15.9 Å². The van der Waals surface area contributed by atoms with Crippen molar-refractivity contribution in [2.75, 3.05) is 31.1 Å². The maximum absolute atomic E-state index is 14.7. The van der Waals surface area contributed by atoms with E-state index in [0.29, 0.717) is 66.8 Å². The van der Waals surface area contributed by atoms with Crippen molar-refractivity contribution >= 4 is 61.8 Å². The van der Waals surface area contributed by atoms with Gasteiger partial charge in [-0.25, -0.2) is 23.1 Å². The third-order valence-electron chi connectivity index (χ3n) is 9.17. The summed E-state index contributed by atoms with van der Waals surface area (Å²) < 4.78 is 29.1. The van der Waals surface area contributed by atoms with E-state index in [1.54, 1.807) is 24.3 Å². The zero-order valence-corrected chi connectivity index (χ0v) is 29.5. The molecule has 2 aliphatic rings. The molecule has 5 aromatic rings. The largest absolute Gasteiger partial charge is 0.340 e. The van der Waals surface area contributed by atoms with E-state index in [-0.39, 0.29) is 33.0 Å². The highest BCUT2D eigenvalue weighted by molar-refractivity contribution is 7.90. The lowest BCUT2D eigenvalue weighted by atomic mass is 9.92. The number of carbonyl (C=O) groups excluding carboxylic acids is 2. The molecule has 1 atom stereocenters. The zero-order chi connectivity index (χ0) is 35.0. The molecule has 2 amide bonds. The minimum absolute atomic E-state index is 0.0195. The van der Waals surface area contributed by atoms with Crippen LogP contribution >= 0.6 is 23.2 Å². The van der Waals surface area contributed by atoms with Crippen LogP contribution in [0, 0.1) is 0 Å². The number of aromatic nitrogens is 2. The minimum Gasteiger partial charge on any atom is -0.340 e. The van der Waals surface area contributed by atoms with Crippen molar-refractivity contribution in [3.8, 4) is 11.3 Å². The molecule has 50 heavy (non-hydrogen) atoms. The van der Waals surface area contributed by atoms with Gasteiger partial charge in [-0.05, 0) is 59.7 Å². The van der Waals surface area contributed by atoms with Crippen LogP contribution in [0.4, 0.5) is 5.95 Å². The average Bonchev–Trinajstić information content (AvgIpc) is 3.12. The van der Waals surface area contributed by atoms with Gasteiger partial charge in [0.1, 0.15) is 0 Å². The summed E-state index contributed by atoms with van der Waals surface area (Å²) in [5.41, 5.74) is 3.12. The van der Waals surface area contributed by atoms with Crippen LogP contribution in [-0.4, -0.2) is 67.3 Å². The normalized spacial score (nSPS) is 16.4. The number of halogens is 2. The topological polar surface area (TPSA) is 125 Å². The van der Waals surface area contributed by atoms with Crippen LogP contribution in [0.5, 0.6) is 0 Å². The molecule has 13 heteroatoms. The van der Waals surface area contributed by atoms with E-state index in [1.165, 1.54) is 36.0 Å². The number of anilines is 1. The van der Waals surface area contributed by atoms with Crippen LogP contribution in [-0.2, 0) is 23.0 Å². The molecule has 0 saturated heterocycles. The number of carbonyl (C=O) groups is 2. The van der Waals surface area contributed by atoms with Crippen molar-refractivity contribution < 1.29 is 18.0 Å². The first-order chi connectivity index (χ1) is 24.1. The summed E-state index contributed by atoms with van der Waals surface area (Å²) in [5.74, 6) is -0.753. The first-order valence-corrected chi connectivity index (χ1v) is 18.6. The second-order valence-electron chi connectivity index (χ2n) is 12.4. The second-order valence-corrected chi connectivity index (χ2v) is 14.9. The summed E-state index contributed by atoms with van der Waals surface area (Å²) in [6.07, 6.45) is 3.04. The Morgan fingerprint density at radius 2 is 1.80 bits per heavy atom. The quantitative estimate of drug-likeness (QED) is 0.222. The summed E-state index contributed by atoms with van der Waals surface area (Å²) in [7, 11) is -4.31. The maximum Gasteiger partial charge on any atom is 0.265 e. The van der Waals surface area contributed by atoms with Crippen LogP contribution in [0.3, 0.4) is 0 Å². The van der Waals surface area contributed by atoms with Gasteiger partial charge in [0.2, 0.25) is 5.95 Å². The Morgan fingerprint density at radius 3 is 2.62 bits per heavy atom. The lowest BCUT2D eigenvalue weighted by molar-refractivity contribution is 0.0639. The standard InChI is InChI=1S/C37H34Cl2N6O4S/c1-2-15-44-16-14-40-20-27-17-24-6-3-4-7-26(24)22-45(27)36(47)31-18-25(11-13-29(31)34-33(39)21-41-37(44)42-34)35(46)43-50(48,49)28-12-10-23-8-5-9-32(38)30(23)19-28/h3-13,18-19,21,27,40H,2,14-17,20,22H2,1H3,(H,43,46). The number of hydrogen-bond acceptors (Lipinski definition) is 8. The molecule has 0 aliphatic carbocycles. The highest BCUT2D eigenvalue weighted by Crippen LogP contribution is 2.34. The number of amides is 2. The highest BCUT2D eigenvalue weighted by Gasteiger charge is 2.33. The van der Waals surface area contributed by atoms with Gasteiger partial charge in [0.05, 0.1) is 21.8 Å². The van der Waals surface area contributed by atoms with E-state index in [2.05, 4.69) is 32.9 Å². The third kappa shape index (κ3) is 6.66. The smallest absolute Gasteiger partial charge is 0.265 e. The van der Waals surface area contributed by atoms with Crippen molar-refractivity contribution in [3.05, 3.63) is 117 Å². The van der Waals surface area contributed by atoms with Crippen LogP contribution in [0.1, 0.15) is 45.2 Å². The molecule has 2 bridgehead atoms. The molecule has 2 aliphatic heterocycles. The fraction of sp³-hybridized carbons (Fsp3) is 0.243. The van der Waals surface area contributed by atoms with Crippen LogP contribution < -0.4 is 14.9 Å². The summed E-state index contributed by atoms with van der Waals surface area (Å²) in [5, 5.41) is 5.46. The number of fused-ring (bicyclic) bond motifs is 7. The van der Waals surface area contributed by atoms with Gasteiger partial charge in [0.25, 0.3) is 21.8 Å². The van der Waals surface area contributed by atoms with E-state index in [9.17, 15) is 18.0 Å². The highest BCUT2D eigenvalue weighted by atomic mass is 35.5.